The molecule has 0 spiro atoms. The molecule has 7 rings (SSSR count). The van der Waals surface area contributed by atoms with E-state index in [1.165, 1.54) is 56.2 Å². The molecule has 1 amide bonds. The molecule has 0 atom stereocenters. The van der Waals surface area contributed by atoms with Crippen LogP contribution in [0.25, 0.3) is 0 Å². The minimum Gasteiger partial charge on any atom is -0.482 e. The van der Waals surface area contributed by atoms with Gasteiger partial charge < -0.3 is 10.1 Å². The summed E-state index contributed by atoms with van der Waals surface area (Å²) in [6, 6.07) is 20.1. The number of aliphatic imine (C=N–C) groups is 1. The third kappa shape index (κ3) is 5.15. The first-order valence-electron chi connectivity index (χ1n) is 13.1. The molecule has 4 aliphatic rings. The van der Waals surface area contributed by atoms with Crippen molar-refractivity contribution in [2.24, 2.45) is 22.7 Å². The van der Waals surface area contributed by atoms with Crippen LogP contribution < -0.4 is 10.1 Å². The molecular weight excluding hydrogens is 487 g/mol. The lowest BCUT2D eigenvalue weighted by atomic mass is 9.48. The maximum atomic E-state index is 13.7. The van der Waals surface area contributed by atoms with Crippen LogP contribution in [0.3, 0.4) is 0 Å². The molecule has 3 aromatic carbocycles. The van der Waals surface area contributed by atoms with Gasteiger partial charge in [0.25, 0.3) is 5.91 Å². The second kappa shape index (κ2) is 9.94. The Morgan fingerprint density at radius 1 is 1.00 bits per heavy atom. The standard InChI is InChI=1S/C31H30ClFN2O2/c32-26-14-20(5-10-29(26)37-19-30(36)35-28-4-2-1-3-27(28)33)18-34-25-8-6-24(7-9-25)31-15-21-11-22(16-31)13-23(12-21)17-31/h1-10,14,18,21-23H,11-13,15-17,19H2,(H,35,36). The van der Waals surface area contributed by atoms with E-state index in [-0.39, 0.29) is 12.3 Å². The molecule has 0 heterocycles. The lowest BCUT2D eigenvalue weighted by Gasteiger charge is -2.57. The first-order valence-corrected chi connectivity index (χ1v) is 13.4. The Morgan fingerprint density at radius 3 is 2.32 bits per heavy atom. The molecule has 4 saturated carbocycles. The Labute approximate surface area is 221 Å². The Balaban J connectivity index is 1.06. The van der Waals surface area contributed by atoms with Crippen LogP contribution >= 0.6 is 11.6 Å². The van der Waals surface area contributed by atoms with Crippen LogP contribution in [0.15, 0.2) is 71.7 Å². The zero-order valence-electron chi connectivity index (χ0n) is 20.6. The van der Waals surface area contributed by atoms with Gasteiger partial charge in [-0.25, -0.2) is 4.39 Å². The summed E-state index contributed by atoms with van der Waals surface area (Å²) in [6.07, 6.45) is 10.2. The number of anilines is 1. The van der Waals surface area contributed by atoms with Crippen LogP contribution in [-0.2, 0) is 10.2 Å². The Hall–Kier alpha value is -3.18. The second-order valence-corrected chi connectivity index (χ2v) is 11.4. The molecule has 190 valence electrons. The van der Waals surface area contributed by atoms with Crippen molar-refractivity contribution in [3.63, 3.8) is 0 Å². The van der Waals surface area contributed by atoms with E-state index in [9.17, 15) is 9.18 Å². The van der Waals surface area contributed by atoms with E-state index in [0.717, 1.165) is 29.0 Å². The number of hydrogen-bond acceptors (Lipinski definition) is 3. The quantitative estimate of drug-likeness (QED) is 0.327. The topological polar surface area (TPSA) is 50.7 Å². The molecule has 37 heavy (non-hydrogen) atoms. The summed E-state index contributed by atoms with van der Waals surface area (Å²) in [7, 11) is 0. The van der Waals surface area contributed by atoms with Gasteiger partial charge >= 0.3 is 0 Å². The van der Waals surface area contributed by atoms with E-state index >= 15 is 0 Å². The summed E-state index contributed by atoms with van der Waals surface area (Å²) in [5.41, 5.74) is 3.74. The Bertz CT molecular complexity index is 1300. The van der Waals surface area contributed by atoms with Crippen LogP contribution in [0, 0.1) is 23.6 Å². The Morgan fingerprint density at radius 2 is 1.68 bits per heavy atom. The van der Waals surface area contributed by atoms with Gasteiger partial charge in [-0.2, -0.15) is 0 Å². The molecule has 6 heteroatoms. The van der Waals surface area contributed by atoms with Crippen molar-refractivity contribution in [1.29, 1.82) is 0 Å². The van der Waals surface area contributed by atoms with Gasteiger partial charge in [-0.15, -0.1) is 0 Å². The van der Waals surface area contributed by atoms with Gasteiger partial charge in [0.05, 0.1) is 16.4 Å². The predicted molar refractivity (Wildman–Crippen MR) is 146 cm³/mol. The van der Waals surface area contributed by atoms with E-state index < -0.39 is 11.7 Å². The number of para-hydroxylation sites is 1. The summed E-state index contributed by atoms with van der Waals surface area (Å²) in [5, 5.41) is 2.86. The largest absolute Gasteiger partial charge is 0.482 e. The van der Waals surface area contributed by atoms with E-state index in [0.29, 0.717) is 16.2 Å². The fourth-order valence-corrected chi connectivity index (χ4v) is 7.36. The summed E-state index contributed by atoms with van der Waals surface area (Å²) < 4.78 is 19.2. The van der Waals surface area contributed by atoms with Crippen molar-refractivity contribution in [1.82, 2.24) is 0 Å². The van der Waals surface area contributed by atoms with Gasteiger partial charge in [-0.05, 0) is 115 Å². The molecule has 4 nitrogen and oxygen atoms in total. The molecule has 3 aromatic rings. The highest BCUT2D eigenvalue weighted by molar-refractivity contribution is 6.32. The molecule has 0 unspecified atom stereocenters. The number of hydrogen-bond donors (Lipinski definition) is 1. The van der Waals surface area contributed by atoms with Crippen LogP contribution in [0.1, 0.15) is 49.7 Å². The lowest BCUT2D eigenvalue weighted by Crippen LogP contribution is -2.48. The summed E-state index contributed by atoms with van der Waals surface area (Å²) >= 11 is 6.37. The number of nitrogens with one attached hydrogen (secondary N) is 1. The summed E-state index contributed by atoms with van der Waals surface area (Å²) in [5.74, 6) is 2.21. The number of benzene rings is 3. The van der Waals surface area contributed by atoms with Crippen molar-refractivity contribution in [2.45, 2.75) is 43.9 Å². The molecule has 4 fully saturated rings. The monoisotopic (exact) mass is 516 g/mol. The van der Waals surface area contributed by atoms with Gasteiger partial charge in [0.15, 0.2) is 6.61 Å². The first kappa shape index (κ1) is 24.2. The molecular formula is C31H30ClFN2O2. The minimum atomic E-state index is -0.500. The number of ether oxygens (including phenoxy) is 1. The molecule has 4 aliphatic carbocycles. The molecule has 0 aliphatic heterocycles. The zero-order chi connectivity index (χ0) is 25.4. The lowest BCUT2D eigenvalue weighted by molar-refractivity contribution is -0.118. The zero-order valence-corrected chi connectivity index (χ0v) is 21.4. The maximum absolute atomic E-state index is 13.7. The molecule has 0 aromatic heterocycles. The molecule has 0 radical (unpaired) electrons. The molecule has 0 saturated heterocycles. The normalized spacial score (nSPS) is 25.9. The molecule has 4 bridgehead atoms. The van der Waals surface area contributed by atoms with E-state index in [1.807, 2.05) is 6.07 Å². The van der Waals surface area contributed by atoms with Gasteiger partial charge in [-0.1, -0.05) is 35.9 Å². The second-order valence-electron chi connectivity index (χ2n) is 11.0. The smallest absolute Gasteiger partial charge is 0.262 e. The highest BCUT2D eigenvalue weighted by atomic mass is 35.5. The first-order chi connectivity index (χ1) is 18.0. The van der Waals surface area contributed by atoms with Gasteiger partial charge in [0.1, 0.15) is 11.6 Å². The summed E-state index contributed by atoms with van der Waals surface area (Å²) in [4.78, 5) is 16.7. The number of carbonyl (C=O) groups excluding carboxylic acids is 1. The SMILES string of the molecule is O=C(COc1ccc(C=Nc2ccc(C34CC5CC(CC(C5)C3)C4)cc2)cc1Cl)Nc1ccccc1F. The van der Waals surface area contributed by atoms with E-state index in [2.05, 4.69) is 34.6 Å². The third-order valence-corrected chi connectivity index (χ3v) is 8.64. The highest BCUT2D eigenvalue weighted by Crippen LogP contribution is 2.60. The number of nitrogens with zero attached hydrogens (tertiary/aromatic N) is 1. The number of rotatable bonds is 7. The number of carbonyl (C=O) groups is 1. The third-order valence-electron chi connectivity index (χ3n) is 8.34. The van der Waals surface area contributed by atoms with Crippen molar-refractivity contribution in [3.05, 3.63) is 88.7 Å². The number of amides is 1. The van der Waals surface area contributed by atoms with Crippen LogP contribution in [-0.4, -0.2) is 18.7 Å². The summed E-state index contributed by atoms with van der Waals surface area (Å²) in [6.45, 7) is -0.280. The highest BCUT2D eigenvalue weighted by Gasteiger charge is 2.51. The van der Waals surface area contributed by atoms with Crippen LogP contribution in [0.4, 0.5) is 15.8 Å². The maximum Gasteiger partial charge on any atom is 0.262 e. The average Bonchev–Trinajstić information content (AvgIpc) is 2.88. The minimum absolute atomic E-state index is 0.111. The van der Waals surface area contributed by atoms with Gasteiger partial charge in [0.2, 0.25) is 0 Å². The fourth-order valence-electron chi connectivity index (χ4n) is 7.12. The van der Waals surface area contributed by atoms with Crippen molar-refractivity contribution in [2.75, 3.05) is 11.9 Å². The van der Waals surface area contributed by atoms with Crippen LogP contribution in [0.2, 0.25) is 5.02 Å². The number of halogens is 2. The average molecular weight is 517 g/mol. The predicted octanol–water partition coefficient (Wildman–Crippen LogP) is 7.72. The fraction of sp³-hybridized carbons (Fsp3) is 0.355. The van der Waals surface area contributed by atoms with Crippen molar-refractivity contribution in [3.8, 4) is 5.75 Å². The van der Waals surface area contributed by atoms with Crippen molar-refractivity contribution >= 4 is 35.1 Å². The van der Waals surface area contributed by atoms with Gasteiger partial charge in [-0.3, -0.25) is 9.79 Å². The van der Waals surface area contributed by atoms with E-state index in [1.54, 1.807) is 30.5 Å². The van der Waals surface area contributed by atoms with Gasteiger partial charge in [0, 0.05) is 6.21 Å². The van der Waals surface area contributed by atoms with Crippen LogP contribution in [0.5, 0.6) is 5.75 Å². The van der Waals surface area contributed by atoms with E-state index in [4.69, 9.17) is 16.3 Å². The van der Waals surface area contributed by atoms with Crippen molar-refractivity contribution < 1.29 is 13.9 Å². The molecule has 1 N–H and O–H groups in total. The Kier molecular flexibility index (Phi) is 6.49.